The number of nitrogens with one attached hydrogen (secondary N) is 1. The second kappa shape index (κ2) is 9.96. The van der Waals surface area contributed by atoms with E-state index in [-0.39, 0.29) is 0 Å². The lowest BCUT2D eigenvalue weighted by Crippen LogP contribution is -1.93. The first-order valence-electron chi connectivity index (χ1n) is 13.4. The average Bonchev–Trinajstić information content (AvgIpc) is 3.02. The van der Waals surface area contributed by atoms with Crippen LogP contribution in [0.2, 0.25) is 0 Å². The van der Waals surface area contributed by atoms with Crippen molar-refractivity contribution in [3.05, 3.63) is 158 Å². The molecule has 1 heteroatoms. The van der Waals surface area contributed by atoms with Crippen LogP contribution in [-0.4, -0.2) is 0 Å². The summed E-state index contributed by atoms with van der Waals surface area (Å²) in [5.41, 5.74) is 9.60. The number of hydrogen-bond donors (Lipinski definition) is 1. The molecule has 0 saturated heterocycles. The Morgan fingerprint density at radius 3 is 1.51 bits per heavy atom. The van der Waals surface area contributed by atoms with Crippen molar-refractivity contribution in [2.45, 2.75) is 0 Å². The van der Waals surface area contributed by atoms with Gasteiger partial charge in [-0.25, -0.2) is 0 Å². The van der Waals surface area contributed by atoms with Gasteiger partial charge >= 0.3 is 0 Å². The Morgan fingerprint density at radius 1 is 0.333 bits per heavy atom. The van der Waals surface area contributed by atoms with Crippen molar-refractivity contribution in [1.29, 1.82) is 0 Å². The van der Waals surface area contributed by atoms with E-state index in [0.717, 1.165) is 11.4 Å². The van der Waals surface area contributed by atoms with Gasteiger partial charge in [0.2, 0.25) is 0 Å². The molecule has 0 amide bonds. The predicted octanol–water partition coefficient (Wildman–Crippen LogP) is 10.7. The third-order valence-corrected chi connectivity index (χ3v) is 7.47. The Labute approximate surface area is 229 Å². The molecule has 0 aliphatic rings. The largest absolute Gasteiger partial charge is 0.355 e. The molecule has 0 radical (unpaired) electrons. The van der Waals surface area contributed by atoms with Crippen molar-refractivity contribution in [3.8, 4) is 33.4 Å². The second-order valence-corrected chi connectivity index (χ2v) is 9.85. The van der Waals surface area contributed by atoms with E-state index in [9.17, 15) is 0 Å². The van der Waals surface area contributed by atoms with Crippen molar-refractivity contribution in [1.82, 2.24) is 0 Å². The maximum absolute atomic E-state index is 3.68. The number of hydrogen-bond acceptors (Lipinski definition) is 1. The SMILES string of the molecule is c1ccc(-c2ccc(Nc3ccc(-c4cccc5cccc(-c6ccccc6)c45)cc3)c3ccccc23)cc1. The van der Waals surface area contributed by atoms with Crippen LogP contribution in [0.5, 0.6) is 0 Å². The normalized spacial score (nSPS) is 11.1. The fourth-order valence-corrected chi connectivity index (χ4v) is 5.61. The molecule has 0 saturated carbocycles. The first-order valence-corrected chi connectivity index (χ1v) is 13.4. The third-order valence-electron chi connectivity index (χ3n) is 7.47. The minimum atomic E-state index is 1.07. The Morgan fingerprint density at radius 2 is 0.872 bits per heavy atom. The van der Waals surface area contributed by atoms with Crippen LogP contribution in [0.1, 0.15) is 0 Å². The fraction of sp³-hybridized carbons (Fsp3) is 0. The van der Waals surface area contributed by atoms with E-state index < -0.39 is 0 Å². The maximum Gasteiger partial charge on any atom is 0.0464 e. The van der Waals surface area contributed by atoms with E-state index in [1.165, 1.54) is 54.9 Å². The zero-order chi connectivity index (χ0) is 26.0. The molecule has 0 bridgehead atoms. The van der Waals surface area contributed by atoms with E-state index >= 15 is 0 Å². The van der Waals surface area contributed by atoms with Gasteiger partial charge in [-0.1, -0.05) is 140 Å². The molecule has 0 spiro atoms. The lowest BCUT2D eigenvalue weighted by Gasteiger charge is -2.15. The summed E-state index contributed by atoms with van der Waals surface area (Å²) < 4.78 is 0. The van der Waals surface area contributed by atoms with Gasteiger partial charge in [0.15, 0.2) is 0 Å². The van der Waals surface area contributed by atoms with E-state index in [1.807, 2.05) is 0 Å². The summed E-state index contributed by atoms with van der Waals surface area (Å²) in [6.45, 7) is 0. The summed E-state index contributed by atoms with van der Waals surface area (Å²) in [7, 11) is 0. The van der Waals surface area contributed by atoms with Crippen LogP contribution in [0.3, 0.4) is 0 Å². The lowest BCUT2D eigenvalue weighted by atomic mass is 9.91. The van der Waals surface area contributed by atoms with Crippen molar-refractivity contribution in [3.63, 3.8) is 0 Å². The Hall–Kier alpha value is -5.14. The van der Waals surface area contributed by atoms with E-state index in [1.54, 1.807) is 0 Å². The molecule has 0 aliphatic heterocycles. The van der Waals surface area contributed by atoms with Crippen molar-refractivity contribution >= 4 is 32.9 Å². The van der Waals surface area contributed by atoms with Crippen LogP contribution in [0.15, 0.2) is 158 Å². The molecule has 7 aromatic carbocycles. The van der Waals surface area contributed by atoms with Crippen LogP contribution >= 0.6 is 0 Å². The smallest absolute Gasteiger partial charge is 0.0464 e. The Kier molecular flexibility index (Phi) is 5.88. The van der Waals surface area contributed by atoms with Crippen molar-refractivity contribution in [2.24, 2.45) is 0 Å². The van der Waals surface area contributed by atoms with Crippen molar-refractivity contribution in [2.75, 3.05) is 5.32 Å². The molecule has 7 aromatic rings. The summed E-state index contributed by atoms with van der Waals surface area (Å²) in [5.74, 6) is 0. The monoisotopic (exact) mass is 497 g/mol. The molecule has 0 unspecified atom stereocenters. The number of benzene rings is 7. The molecule has 184 valence electrons. The van der Waals surface area contributed by atoms with Crippen molar-refractivity contribution < 1.29 is 0 Å². The quantitative estimate of drug-likeness (QED) is 0.249. The standard InChI is InChI=1S/C38H27N/c1-3-11-27(12-4-1)32-25-26-37(36-18-8-7-17-35(32)36)39-31-23-21-29(22-24-31)34-20-10-16-30-15-9-19-33(38(30)34)28-13-5-2-6-14-28/h1-26,39H. The summed E-state index contributed by atoms with van der Waals surface area (Å²) in [6.07, 6.45) is 0. The van der Waals surface area contributed by atoms with Crippen LogP contribution in [0.4, 0.5) is 11.4 Å². The highest BCUT2D eigenvalue weighted by molar-refractivity contribution is 6.07. The van der Waals surface area contributed by atoms with Crippen LogP contribution in [0, 0.1) is 0 Å². The van der Waals surface area contributed by atoms with Gasteiger partial charge < -0.3 is 5.32 Å². The second-order valence-electron chi connectivity index (χ2n) is 9.85. The first-order chi connectivity index (χ1) is 19.3. The highest BCUT2D eigenvalue weighted by Gasteiger charge is 2.11. The molecule has 0 fully saturated rings. The molecule has 0 heterocycles. The van der Waals surface area contributed by atoms with E-state index in [0.29, 0.717) is 0 Å². The minimum Gasteiger partial charge on any atom is -0.355 e. The number of fused-ring (bicyclic) bond motifs is 2. The molecule has 7 rings (SSSR count). The zero-order valence-electron chi connectivity index (χ0n) is 21.5. The third kappa shape index (κ3) is 4.35. The molecule has 0 aromatic heterocycles. The molecule has 39 heavy (non-hydrogen) atoms. The van der Waals surface area contributed by atoms with Crippen LogP contribution in [0.25, 0.3) is 54.9 Å². The summed E-state index contributed by atoms with van der Waals surface area (Å²) >= 11 is 0. The maximum atomic E-state index is 3.68. The molecular formula is C38H27N. The topological polar surface area (TPSA) is 12.0 Å². The van der Waals surface area contributed by atoms with E-state index in [2.05, 4.69) is 163 Å². The highest BCUT2D eigenvalue weighted by atomic mass is 14.9. The molecule has 0 atom stereocenters. The lowest BCUT2D eigenvalue weighted by molar-refractivity contribution is 1.56. The minimum absolute atomic E-state index is 1.07. The van der Waals surface area contributed by atoms with Crippen LogP contribution in [-0.2, 0) is 0 Å². The number of rotatable bonds is 5. The van der Waals surface area contributed by atoms with Gasteiger partial charge in [0.1, 0.15) is 0 Å². The molecule has 1 N–H and O–H groups in total. The van der Waals surface area contributed by atoms with Gasteiger partial charge in [-0.3, -0.25) is 0 Å². The first kappa shape index (κ1) is 23.0. The summed E-state index contributed by atoms with van der Waals surface area (Å²) in [5, 5.41) is 8.67. The van der Waals surface area contributed by atoms with Crippen LogP contribution < -0.4 is 5.32 Å². The highest BCUT2D eigenvalue weighted by Crippen LogP contribution is 2.38. The van der Waals surface area contributed by atoms with Gasteiger partial charge in [-0.2, -0.15) is 0 Å². The molecular weight excluding hydrogens is 470 g/mol. The predicted molar refractivity (Wildman–Crippen MR) is 167 cm³/mol. The summed E-state index contributed by atoms with van der Waals surface area (Å²) in [4.78, 5) is 0. The Bertz CT molecular complexity index is 1900. The van der Waals surface area contributed by atoms with Gasteiger partial charge in [0, 0.05) is 16.8 Å². The number of anilines is 2. The fourth-order valence-electron chi connectivity index (χ4n) is 5.61. The Balaban J connectivity index is 1.26. The molecule has 1 nitrogen and oxygen atoms in total. The zero-order valence-corrected chi connectivity index (χ0v) is 21.5. The summed E-state index contributed by atoms with van der Waals surface area (Å²) in [6, 6.07) is 56.2. The van der Waals surface area contributed by atoms with Gasteiger partial charge in [-0.05, 0) is 67.7 Å². The van der Waals surface area contributed by atoms with E-state index in [4.69, 9.17) is 0 Å². The van der Waals surface area contributed by atoms with Gasteiger partial charge in [-0.15, -0.1) is 0 Å². The van der Waals surface area contributed by atoms with Gasteiger partial charge in [0.05, 0.1) is 0 Å². The van der Waals surface area contributed by atoms with Gasteiger partial charge in [0.25, 0.3) is 0 Å². The average molecular weight is 498 g/mol. The molecule has 0 aliphatic carbocycles.